The van der Waals surface area contributed by atoms with Crippen molar-refractivity contribution in [2.24, 2.45) is 5.92 Å². The quantitative estimate of drug-likeness (QED) is 0.789. The Morgan fingerprint density at radius 2 is 2.28 bits per heavy atom. The standard InChI is InChI=1S/C16H24N4O4S/c1-19(2)25(22,23)20-11-13(8-15-14(20)5-7-24-15)16(21)18-10-12-4-3-6-17-9-12/h3-4,6,9,13-15H,5,7-8,10-11H2,1-2H3,(H,18,21)/t13-,14+,15+/m0/s1. The first-order chi connectivity index (χ1) is 11.9. The third kappa shape index (κ3) is 3.84. The van der Waals surface area contributed by atoms with Gasteiger partial charge < -0.3 is 10.1 Å². The third-order valence-electron chi connectivity index (χ3n) is 4.78. The molecule has 0 spiro atoms. The summed E-state index contributed by atoms with van der Waals surface area (Å²) in [5.74, 6) is -0.581. The van der Waals surface area contributed by atoms with E-state index in [4.69, 9.17) is 4.74 Å². The number of hydrogen-bond acceptors (Lipinski definition) is 5. The molecule has 1 amide bonds. The van der Waals surface area contributed by atoms with Gasteiger partial charge in [0.15, 0.2) is 0 Å². The number of nitrogens with one attached hydrogen (secondary N) is 1. The van der Waals surface area contributed by atoms with Crippen molar-refractivity contribution in [3.63, 3.8) is 0 Å². The average molecular weight is 368 g/mol. The van der Waals surface area contributed by atoms with Crippen molar-refractivity contribution in [2.45, 2.75) is 31.5 Å². The predicted molar refractivity (Wildman–Crippen MR) is 91.6 cm³/mol. The van der Waals surface area contributed by atoms with Crippen LogP contribution in [0, 0.1) is 5.92 Å². The van der Waals surface area contributed by atoms with E-state index in [1.807, 2.05) is 12.1 Å². The van der Waals surface area contributed by atoms with E-state index in [2.05, 4.69) is 10.3 Å². The van der Waals surface area contributed by atoms with Gasteiger partial charge in [-0.2, -0.15) is 17.0 Å². The number of amides is 1. The Bertz CT molecular complexity index is 710. The van der Waals surface area contributed by atoms with Crippen LogP contribution in [0.1, 0.15) is 18.4 Å². The van der Waals surface area contributed by atoms with Crippen LogP contribution in [0.3, 0.4) is 0 Å². The number of ether oxygens (including phenoxy) is 1. The van der Waals surface area contributed by atoms with Crippen molar-refractivity contribution in [2.75, 3.05) is 27.2 Å². The minimum Gasteiger partial charge on any atom is -0.376 e. The van der Waals surface area contributed by atoms with Gasteiger partial charge in [0.05, 0.1) is 18.1 Å². The van der Waals surface area contributed by atoms with Crippen LogP contribution in [0.5, 0.6) is 0 Å². The third-order valence-corrected chi connectivity index (χ3v) is 6.72. The van der Waals surface area contributed by atoms with Gasteiger partial charge >= 0.3 is 0 Å². The van der Waals surface area contributed by atoms with Crippen LogP contribution in [0.4, 0.5) is 0 Å². The zero-order valence-electron chi connectivity index (χ0n) is 14.5. The molecule has 3 rings (SSSR count). The van der Waals surface area contributed by atoms with Crippen LogP contribution < -0.4 is 5.32 Å². The molecule has 9 heteroatoms. The summed E-state index contributed by atoms with van der Waals surface area (Å²) >= 11 is 0. The van der Waals surface area contributed by atoms with Crippen molar-refractivity contribution in [1.82, 2.24) is 18.9 Å². The molecule has 1 aromatic rings. The van der Waals surface area contributed by atoms with E-state index in [0.717, 1.165) is 5.56 Å². The molecule has 0 radical (unpaired) electrons. The number of carbonyl (C=O) groups is 1. The lowest BCUT2D eigenvalue weighted by molar-refractivity contribution is -0.128. The van der Waals surface area contributed by atoms with Crippen molar-refractivity contribution in [3.05, 3.63) is 30.1 Å². The van der Waals surface area contributed by atoms with Crippen LogP contribution in [-0.2, 0) is 26.3 Å². The van der Waals surface area contributed by atoms with Crippen LogP contribution in [0.15, 0.2) is 24.5 Å². The van der Waals surface area contributed by atoms with E-state index in [1.54, 1.807) is 12.4 Å². The summed E-state index contributed by atoms with van der Waals surface area (Å²) in [6.07, 6.45) is 4.36. The molecule has 2 saturated heterocycles. The monoisotopic (exact) mass is 368 g/mol. The number of pyridine rings is 1. The summed E-state index contributed by atoms with van der Waals surface area (Å²) in [5, 5.41) is 2.88. The van der Waals surface area contributed by atoms with Crippen molar-refractivity contribution < 1.29 is 17.9 Å². The zero-order chi connectivity index (χ0) is 18.0. The molecule has 8 nitrogen and oxygen atoms in total. The van der Waals surface area contributed by atoms with Crippen LogP contribution in [-0.4, -0.2) is 67.3 Å². The number of piperidine rings is 1. The van der Waals surface area contributed by atoms with Gasteiger partial charge in [-0.3, -0.25) is 9.78 Å². The fourth-order valence-electron chi connectivity index (χ4n) is 3.40. The Hall–Kier alpha value is -1.55. The molecule has 0 unspecified atom stereocenters. The zero-order valence-corrected chi connectivity index (χ0v) is 15.3. The number of rotatable bonds is 5. The average Bonchev–Trinajstić information content (AvgIpc) is 3.07. The number of aromatic nitrogens is 1. The number of fused-ring (bicyclic) bond motifs is 1. The molecular weight excluding hydrogens is 344 g/mol. The summed E-state index contributed by atoms with van der Waals surface area (Å²) in [6, 6.07) is 3.51. The van der Waals surface area contributed by atoms with Crippen LogP contribution in [0.25, 0.3) is 0 Å². The fourth-order valence-corrected chi connectivity index (χ4v) is 4.77. The highest BCUT2D eigenvalue weighted by atomic mass is 32.2. The molecule has 2 fully saturated rings. The van der Waals surface area contributed by atoms with Gasteiger partial charge in [-0.25, -0.2) is 0 Å². The Morgan fingerprint density at radius 3 is 2.96 bits per heavy atom. The smallest absolute Gasteiger partial charge is 0.281 e. The Balaban J connectivity index is 1.70. The van der Waals surface area contributed by atoms with Gasteiger partial charge in [0, 0.05) is 46.2 Å². The van der Waals surface area contributed by atoms with Crippen LogP contribution in [0.2, 0.25) is 0 Å². The first-order valence-electron chi connectivity index (χ1n) is 8.37. The molecule has 0 aliphatic carbocycles. The van der Waals surface area contributed by atoms with Gasteiger partial charge in [0.1, 0.15) is 0 Å². The number of hydrogen-bond donors (Lipinski definition) is 1. The minimum absolute atomic E-state index is 0.156. The molecule has 0 saturated carbocycles. The first kappa shape index (κ1) is 18.2. The lowest BCUT2D eigenvalue weighted by atomic mass is 9.91. The lowest BCUT2D eigenvalue weighted by Crippen LogP contribution is -2.57. The second-order valence-corrected chi connectivity index (χ2v) is 8.73. The maximum absolute atomic E-state index is 12.6. The molecule has 2 aliphatic rings. The molecule has 3 heterocycles. The van der Waals surface area contributed by atoms with Gasteiger partial charge in [0.25, 0.3) is 10.2 Å². The molecular formula is C16H24N4O4S. The van der Waals surface area contributed by atoms with E-state index < -0.39 is 16.1 Å². The second kappa shape index (κ2) is 7.36. The highest BCUT2D eigenvalue weighted by Gasteiger charge is 2.47. The molecule has 1 N–H and O–H groups in total. The van der Waals surface area contributed by atoms with E-state index in [0.29, 0.717) is 26.0 Å². The maximum Gasteiger partial charge on any atom is 0.281 e. The molecule has 25 heavy (non-hydrogen) atoms. The summed E-state index contributed by atoms with van der Waals surface area (Å²) in [5.41, 5.74) is 0.902. The predicted octanol–water partition coefficient (Wildman–Crippen LogP) is -0.0164. The van der Waals surface area contributed by atoms with Gasteiger partial charge in [-0.15, -0.1) is 0 Å². The maximum atomic E-state index is 12.6. The second-order valence-electron chi connectivity index (χ2n) is 6.64. The highest BCUT2D eigenvalue weighted by Crippen LogP contribution is 2.33. The topological polar surface area (TPSA) is 91.8 Å². The first-order valence-corrected chi connectivity index (χ1v) is 9.77. The summed E-state index contributed by atoms with van der Waals surface area (Å²) in [6.45, 7) is 1.08. The normalized spacial score (nSPS) is 27.2. The Labute approximate surface area is 148 Å². The Morgan fingerprint density at radius 1 is 1.48 bits per heavy atom. The van der Waals surface area contributed by atoms with Crippen LogP contribution >= 0.6 is 0 Å². The lowest BCUT2D eigenvalue weighted by Gasteiger charge is -2.40. The van der Waals surface area contributed by atoms with E-state index in [9.17, 15) is 13.2 Å². The molecule has 0 bridgehead atoms. The highest BCUT2D eigenvalue weighted by molar-refractivity contribution is 7.86. The SMILES string of the molecule is CN(C)S(=O)(=O)N1C[C@@H](C(=O)NCc2cccnc2)C[C@H]2OCC[C@H]21. The van der Waals surface area contributed by atoms with Crippen molar-refractivity contribution in [3.8, 4) is 0 Å². The number of nitrogens with zero attached hydrogens (tertiary/aromatic N) is 3. The summed E-state index contributed by atoms with van der Waals surface area (Å²) in [4.78, 5) is 16.6. The van der Waals surface area contributed by atoms with Crippen molar-refractivity contribution in [1.29, 1.82) is 0 Å². The van der Waals surface area contributed by atoms with Gasteiger partial charge in [0.2, 0.25) is 5.91 Å². The fraction of sp³-hybridized carbons (Fsp3) is 0.625. The molecule has 1 aromatic heterocycles. The largest absolute Gasteiger partial charge is 0.376 e. The summed E-state index contributed by atoms with van der Waals surface area (Å²) < 4.78 is 33.6. The minimum atomic E-state index is -3.59. The van der Waals surface area contributed by atoms with E-state index in [-0.39, 0.29) is 24.6 Å². The van der Waals surface area contributed by atoms with Crippen molar-refractivity contribution >= 4 is 16.1 Å². The molecule has 2 aliphatic heterocycles. The van der Waals surface area contributed by atoms with E-state index >= 15 is 0 Å². The number of carbonyl (C=O) groups excluding carboxylic acids is 1. The Kier molecular flexibility index (Phi) is 5.38. The summed E-state index contributed by atoms with van der Waals surface area (Å²) in [7, 11) is -0.579. The van der Waals surface area contributed by atoms with E-state index in [1.165, 1.54) is 22.7 Å². The molecule has 0 aromatic carbocycles. The van der Waals surface area contributed by atoms with Gasteiger partial charge in [-0.05, 0) is 24.5 Å². The molecule has 3 atom stereocenters. The molecule has 138 valence electrons. The van der Waals surface area contributed by atoms with Gasteiger partial charge in [-0.1, -0.05) is 6.07 Å².